The van der Waals surface area contributed by atoms with Gasteiger partial charge in [-0.3, -0.25) is 0 Å². The van der Waals surface area contributed by atoms with E-state index in [0.717, 1.165) is 11.3 Å². The van der Waals surface area contributed by atoms with E-state index in [1.54, 1.807) is 6.92 Å². The Bertz CT molecular complexity index is 392. The van der Waals surface area contributed by atoms with Crippen molar-refractivity contribution in [2.75, 3.05) is 20.3 Å². The van der Waals surface area contributed by atoms with Crippen LogP contribution < -0.4 is 14.8 Å². The highest BCUT2D eigenvalue weighted by molar-refractivity contribution is 5.46. The highest BCUT2D eigenvalue weighted by Crippen LogP contribution is 2.32. The maximum atomic E-state index is 10.3. The van der Waals surface area contributed by atoms with Gasteiger partial charge in [0.25, 0.3) is 0 Å². The van der Waals surface area contributed by atoms with Gasteiger partial charge in [0, 0.05) is 12.1 Å². The number of hydrogen-bond donors (Lipinski definition) is 2. The summed E-state index contributed by atoms with van der Waals surface area (Å²) in [7, 11) is 1.89. The second-order valence-electron chi connectivity index (χ2n) is 5.51. The van der Waals surface area contributed by atoms with Crippen LogP contribution in [0.25, 0.3) is 0 Å². The minimum absolute atomic E-state index is 0.120. The Kier molecular flexibility index (Phi) is 6.30. The smallest absolute Gasteiger partial charge is 0.165 e. The van der Waals surface area contributed by atoms with Gasteiger partial charge < -0.3 is 19.9 Å². The molecule has 0 amide bonds. The molecule has 1 unspecified atom stereocenters. The summed E-state index contributed by atoms with van der Waals surface area (Å²) in [6.07, 6.45) is 0. The maximum Gasteiger partial charge on any atom is 0.165 e. The average molecular weight is 281 g/mol. The molecule has 0 aliphatic carbocycles. The van der Waals surface area contributed by atoms with Gasteiger partial charge in [0.1, 0.15) is 6.61 Å². The van der Waals surface area contributed by atoms with Crippen LogP contribution in [0.5, 0.6) is 11.5 Å². The molecule has 0 saturated heterocycles. The van der Waals surface area contributed by atoms with E-state index >= 15 is 0 Å². The van der Waals surface area contributed by atoms with Gasteiger partial charge in [-0.05, 0) is 32.9 Å². The number of nitrogens with one attached hydrogen (secondary N) is 1. The summed E-state index contributed by atoms with van der Waals surface area (Å²) in [5, 5.41) is 13.4. The van der Waals surface area contributed by atoms with Crippen LogP contribution in [0.2, 0.25) is 0 Å². The number of ether oxygens (including phenoxy) is 2. The third-order valence-electron chi connectivity index (χ3n) is 3.48. The Morgan fingerprint density at radius 2 is 2.00 bits per heavy atom. The number of para-hydroxylation sites is 1. The van der Waals surface area contributed by atoms with E-state index in [1.165, 1.54) is 0 Å². The van der Waals surface area contributed by atoms with Crippen LogP contribution in [0.4, 0.5) is 0 Å². The van der Waals surface area contributed by atoms with E-state index in [0.29, 0.717) is 18.9 Å². The average Bonchev–Trinajstić information content (AvgIpc) is 2.38. The van der Waals surface area contributed by atoms with Crippen molar-refractivity contribution in [2.45, 2.75) is 39.8 Å². The Balaban J connectivity index is 2.95. The molecule has 1 aromatic rings. The van der Waals surface area contributed by atoms with Crippen LogP contribution in [0, 0.1) is 5.92 Å². The van der Waals surface area contributed by atoms with Crippen LogP contribution in [0.15, 0.2) is 18.2 Å². The van der Waals surface area contributed by atoms with Gasteiger partial charge in [-0.2, -0.15) is 0 Å². The topological polar surface area (TPSA) is 50.7 Å². The lowest BCUT2D eigenvalue weighted by atomic mass is 9.94. The monoisotopic (exact) mass is 281 g/mol. The lowest BCUT2D eigenvalue weighted by molar-refractivity contribution is -0.0274. The van der Waals surface area contributed by atoms with E-state index in [2.05, 4.69) is 5.32 Å². The quantitative estimate of drug-likeness (QED) is 0.769. The van der Waals surface area contributed by atoms with Gasteiger partial charge in [-0.15, -0.1) is 0 Å². The molecule has 114 valence electrons. The summed E-state index contributed by atoms with van der Waals surface area (Å²) in [4.78, 5) is 0. The molecule has 0 heterocycles. The summed E-state index contributed by atoms with van der Waals surface area (Å²) in [6.45, 7) is 9.21. The first-order valence-electron chi connectivity index (χ1n) is 7.16. The SMILES string of the molecule is CCOc1cccc(CNC)c1OCC(C)(O)C(C)C. The second-order valence-corrected chi connectivity index (χ2v) is 5.51. The Morgan fingerprint density at radius 1 is 1.30 bits per heavy atom. The van der Waals surface area contributed by atoms with Crippen LogP contribution >= 0.6 is 0 Å². The fraction of sp³-hybridized carbons (Fsp3) is 0.625. The van der Waals surface area contributed by atoms with Gasteiger partial charge >= 0.3 is 0 Å². The van der Waals surface area contributed by atoms with Crippen molar-refractivity contribution in [1.82, 2.24) is 5.32 Å². The van der Waals surface area contributed by atoms with Crippen molar-refractivity contribution in [3.63, 3.8) is 0 Å². The van der Waals surface area contributed by atoms with Crippen LogP contribution in [-0.4, -0.2) is 31.0 Å². The van der Waals surface area contributed by atoms with E-state index in [1.807, 2.05) is 46.0 Å². The zero-order valence-electron chi connectivity index (χ0n) is 13.2. The third kappa shape index (κ3) is 4.39. The molecule has 0 saturated carbocycles. The van der Waals surface area contributed by atoms with Crippen LogP contribution in [0.1, 0.15) is 33.3 Å². The Morgan fingerprint density at radius 3 is 2.55 bits per heavy atom. The van der Waals surface area contributed by atoms with E-state index < -0.39 is 5.60 Å². The Hall–Kier alpha value is -1.26. The molecule has 1 aromatic carbocycles. The molecule has 0 fully saturated rings. The first-order valence-corrected chi connectivity index (χ1v) is 7.16. The largest absolute Gasteiger partial charge is 0.490 e. The molecule has 20 heavy (non-hydrogen) atoms. The molecule has 0 bridgehead atoms. The molecule has 0 spiro atoms. The predicted octanol–water partition coefficient (Wildman–Crippen LogP) is 2.59. The van der Waals surface area contributed by atoms with Crippen molar-refractivity contribution in [2.24, 2.45) is 5.92 Å². The van der Waals surface area contributed by atoms with Gasteiger partial charge in [-0.25, -0.2) is 0 Å². The zero-order chi connectivity index (χ0) is 15.2. The third-order valence-corrected chi connectivity index (χ3v) is 3.48. The normalized spacial score (nSPS) is 14.2. The number of rotatable bonds is 8. The standard InChI is InChI=1S/C16H27NO3/c1-6-19-14-9-7-8-13(10-17-5)15(14)20-11-16(4,18)12(2)3/h7-9,12,17-18H,6,10-11H2,1-5H3. The van der Waals surface area contributed by atoms with E-state index in [4.69, 9.17) is 9.47 Å². The first kappa shape index (κ1) is 16.8. The fourth-order valence-corrected chi connectivity index (χ4v) is 1.71. The molecule has 1 atom stereocenters. The van der Waals surface area contributed by atoms with Gasteiger partial charge in [0.05, 0.1) is 12.2 Å². The highest BCUT2D eigenvalue weighted by Gasteiger charge is 2.26. The lowest BCUT2D eigenvalue weighted by Crippen LogP contribution is -2.38. The lowest BCUT2D eigenvalue weighted by Gasteiger charge is -2.28. The van der Waals surface area contributed by atoms with Gasteiger partial charge in [0.2, 0.25) is 0 Å². The molecule has 4 heteroatoms. The van der Waals surface area contributed by atoms with Crippen LogP contribution in [-0.2, 0) is 6.54 Å². The summed E-state index contributed by atoms with van der Waals surface area (Å²) in [6, 6.07) is 5.84. The van der Waals surface area contributed by atoms with Crippen molar-refractivity contribution >= 4 is 0 Å². The predicted molar refractivity (Wildman–Crippen MR) is 81.3 cm³/mol. The molecule has 0 aliphatic heterocycles. The molecule has 0 aromatic heterocycles. The van der Waals surface area contributed by atoms with Crippen molar-refractivity contribution in [1.29, 1.82) is 0 Å². The summed E-state index contributed by atoms with van der Waals surface area (Å²) < 4.78 is 11.5. The molecule has 1 rings (SSSR count). The number of hydrogen-bond acceptors (Lipinski definition) is 4. The molecule has 0 aliphatic rings. The van der Waals surface area contributed by atoms with Gasteiger partial charge in [-0.1, -0.05) is 26.0 Å². The first-order chi connectivity index (χ1) is 9.42. The summed E-state index contributed by atoms with van der Waals surface area (Å²) in [5.74, 6) is 1.55. The minimum atomic E-state index is -0.865. The molecule has 0 radical (unpaired) electrons. The van der Waals surface area contributed by atoms with Crippen LogP contribution in [0.3, 0.4) is 0 Å². The molecule has 4 nitrogen and oxygen atoms in total. The summed E-state index contributed by atoms with van der Waals surface area (Å²) >= 11 is 0. The van der Waals surface area contributed by atoms with Crippen molar-refractivity contribution < 1.29 is 14.6 Å². The molecule has 2 N–H and O–H groups in total. The second kappa shape index (κ2) is 7.50. The number of aliphatic hydroxyl groups is 1. The van der Waals surface area contributed by atoms with Crippen molar-refractivity contribution in [3.8, 4) is 11.5 Å². The van der Waals surface area contributed by atoms with E-state index in [-0.39, 0.29) is 12.5 Å². The zero-order valence-corrected chi connectivity index (χ0v) is 13.2. The number of benzene rings is 1. The van der Waals surface area contributed by atoms with Crippen molar-refractivity contribution in [3.05, 3.63) is 23.8 Å². The van der Waals surface area contributed by atoms with Gasteiger partial charge in [0.15, 0.2) is 11.5 Å². The molecular weight excluding hydrogens is 254 g/mol. The minimum Gasteiger partial charge on any atom is -0.490 e. The Labute approximate surface area is 122 Å². The van der Waals surface area contributed by atoms with E-state index in [9.17, 15) is 5.11 Å². The fourth-order valence-electron chi connectivity index (χ4n) is 1.71. The maximum absolute atomic E-state index is 10.3. The highest BCUT2D eigenvalue weighted by atomic mass is 16.5. The summed E-state index contributed by atoms with van der Waals surface area (Å²) in [5.41, 5.74) is 0.161. The molecular formula is C16H27NO3.